The van der Waals surface area contributed by atoms with E-state index < -0.39 is 29.2 Å². The van der Waals surface area contributed by atoms with Crippen molar-refractivity contribution in [1.82, 2.24) is 10.9 Å². The van der Waals surface area contributed by atoms with Crippen LogP contribution >= 0.6 is 0 Å². The van der Waals surface area contributed by atoms with E-state index in [0.717, 1.165) is 34.4 Å². The molecule has 2 atom stereocenters. The number of hydrogen-bond donors (Lipinski definition) is 3. The number of nitrogens with zero attached hydrogens (tertiary/aromatic N) is 1. The average molecular weight is 648 g/mol. The Bertz CT molecular complexity index is 1830. The van der Waals surface area contributed by atoms with Gasteiger partial charge in [-0.25, -0.2) is 19.2 Å². The Balaban J connectivity index is 1.37. The highest BCUT2D eigenvalue weighted by Crippen LogP contribution is 2.43. The number of benzene rings is 5. The standard InChI is InChI=1S/C39H35F2N3O4/c40-34-13-7-14-35(41)33(34)26-42-44-38(46)39(25-27-9-3-1-4-10-27)36(30-17-15-29(16-18-30)28-11-5-2-6-12-28)48-37(43-39)31-19-21-32(22-20-31)47-24-8-23-45/h1-7,9-22,36,42,45H,8,23-26H2,(H,44,46)/t36-,39-/m0/s1. The lowest BCUT2D eigenvalue weighted by atomic mass is 9.82. The highest BCUT2D eigenvalue weighted by atomic mass is 19.1. The number of aliphatic imine (C=N–C) groups is 1. The fraction of sp³-hybridized carbons (Fsp3) is 0.179. The van der Waals surface area contributed by atoms with Crippen molar-refractivity contribution in [3.8, 4) is 16.9 Å². The normalized spacial score (nSPS) is 17.0. The molecule has 0 radical (unpaired) electrons. The maximum atomic E-state index is 14.4. The molecule has 1 heterocycles. The predicted octanol–water partition coefficient (Wildman–Crippen LogP) is 6.71. The number of hydrazine groups is 1. The highest BCUT2D eigenvalue weighted by Gasteiger charge is 2.53. The zero-order valence-electron chi connectivity index (χ0n) is 26.1. The molecule has 0 saturated heterocycles. The van der Waals surface area contributed by atoms with Gasteiger partial charge in [0.2, 0.25) is 5.90 Å². The van der Waals surface area contributed by atoms with Crippen molar-refractivity contribution in [2.45, 2.75) is 31.0 Å². The number of carbonyl (C=O) groups is 1. The first-order chi connectivity index (χ1) is 23.5. The van der Waals surface area contributed by atoms with Crippen LogP contribution in [0.15, 0.2) is 132 Å². The van der Waals surface area contributed by atoms with E-state index >= 15 is 0 Å². The van der Waals surface area contributed by atoms with Crippen molar-refractivity contribution in [3.63, 3.8) is 0 Å². The first-order valence-corrected chi connectivity index (χ1v) is 15.7. The fourth-order valence-electron chi connectivity index (χ4n) is 5.69. The molecule has 5 aromatic carbocycles. The van der Waals surface area contributed by atoms with Crippen LogP contribution < -0.4 is 15.6 Å². The zero-order chi connectivity index (χ0) is 33.3. The summed E-state index contributed by atoms with van der Waals surface area (Å²) in [5.74, 6) is -1.09. The predicted molar refractivity (Wildman–Crippen MR) is 180 cm³/mol. The van der Waals surface area contributed by atoms with Crippen molar-refractivity contribution in [1.29, 1.82) is 0 Å². The summed E-state index contributed by atoms with van der Waals surface area (Å²) < 4.78 is 41.0. The molecule has 9 heteroatoms. The van der Waals surface area contributed by atoms with Gasteiger partial charge in [-0.05, 0) is 58.7 Å². The zero-order valence-corrected chi connectivity index (χ0v) is 26.1. The second-order valence-electron chi connectivity index (χ2n) is 11.4. The van der Waals surface area contributed by atoms with E-state index in [0.29, 0.717) is 24.3 Å². The molecule has 5 aromatic rings. The van der Waals surface area contributed by atoms with Crippen molar-refractivity contribution >= 4 is 11.8 Å². The summed E-state index contributed by atoms with van der Waals surface area (Å²) in [5.41, 5.74) is 7.96. The Kier molecular flexibility index (Phi) is 10.2. The molecule has 244 valence electrons. The lowest BCUT2D eigenvalue weighted by Gasteiger charge is -2.31. The molecule has 0 fully saturated rings. The number of rotatable bonds is 13. The van der Waals surface area contributed by atoms with Crippen molar-refractivity contribution in [2.24, 2.45) is 4.99 Å². The lowest BCUT2D eigenvalue weighted by molar-refractivity contribution is -0.130. The summed E-state index contributed by atoms with van der Waals surface area (Å²) >= 11 is 0. The number of nitrogens with one attached hydrogen (secondary N) is 2. The Hall–Kier alpha value is -5.38. The van der Waals surface area contributed by atoms with Gasteiger partial charge in [-0.15, -0.1) is 0 Å². The third-order valence-corrected chi connectivity index (χ3v) is 8.20. The summed E-state index contributed by atoms with van der Waals surface area (Å²) in [4.78, 5) is 19.4. The summed E-state index contributed by atoms with van der Waals surface area (Å²) in [6.45, 7) is 0.127. The summed E-state index contributed by atoms with van der Waals surface area (Å²) in [5, 5.41) is 9.08. The van der Waals surface area contributed by atoms with Gasteiger partial charge < -0.3 is 14.6 Å². The van der Waals surface area contributed by atoms with Gasteiger partial charge in [-0.3, -0.25) is 10.2 Å². The number of aliphatic hydroxyl groups excluding tert-OH is 1. The van der Waals surface area contributed by atoms with Gasteiger partial charge in [0.05, 0.1) is 6.61 Å². The van der Waals surface area contributed by atoms with Crippen LogP contribution in [0.3, 0.4) is 0 Å². The number of halogens is 2. The Morgan fingerprint density at radius 1 is 0.792 bits per heavy atom. The molecule has 0 bridgehead atoms. The van der Waals surface area contributed by atoms with Crippen LogP contribution in [0.25, 0.3) is 11.1 Å². The summed E-state index contributed by atoms with van der Waals surface area (Å²) in [7, 11) is 0. The molecule has 1 aliphatic rings. The topological polar surface area (TPSA) is 92.2 Å². The van der Waals surface area contributed by atoms with Gasteiger partial charge in [-0.2, -0.15) is 0 Å². The van der Waals surface area contributed by atoms with Crippen LogP contribution in [0.5, 0.6) is 5.75 Å². The molecule has 3 N–H and O–H groups in total. The van der Waals surface area contributed by atoms with Gasteiger partial charge in [0.15, 0.2) is 11.6 Å². The maximum Gasteiger partial charge on any atom is 0.266 e. The smallest absolute Gasteiger partial charge is 0.266 e. The molecule has 6 rings (SSSR count). The summed E-state index contributed by atoms with van der Waals surface area (Å²) in [6, 6.07) is 38.1. The van der Waals surface area contributed by atoms with Crippen LogP contribution in [0.2, 0.25) is 0 Å². The molecular weight excluding hydrogens is 612 g/mol. The highest BCUT2D eigenvalue weighted by molar-refractivity contribution is 6.01. The minimum Gasteiger partial charge on any atom is -0.494 e. The van der Waals surface area contributed by atoms with E-state index in [1.165, 1.54) is 6.07 Å². The van der Waals surface area contributed by atoms with Crippen LogP contribution in [0, 0.1) is 11.6 Å². The molecule has 1 aliphatic heterocycles. The molecule has 48 heavy (non-hydrogen) atoms. The number of carbonyl (C=O) groups excluding carboxylic acids is 1. The Morgan fingerprint density at radius 3 is 2.08 bits per heavy atom. The molecule has 0 unspecified atom stereocenters. The number of ether oxygens (including phenoxy) is 2. The van der Waals surface area contributed by atoms with Crippen molar-refractivity contribution < 1.29 is 28.2 Å². The Labute approximate surface area is 277 Å². The van der Waals surface area contributed by atoms with Crippen LogP contribution in [-0.2, 0) is 22.5 Å². The van der Waals surface area contributed by atoms with E-state index in [1.54, 1.807) is 24.3 Å². The van der Waals surface area contributed by atoms with Crippen LogP contribution in [-0.4, -0.2) is 35.7 Å². The third kappa shape index (κ3) is 7.27. The molecule has 0 aromatic heterocycles. The first kappa shape index (κ1) is 32.6. The maximum absolute atomic E-state index is 14.4. The van der Waals surface area contributed by atoms with Gasteiger partial charge >= 0.3 is 0 Å². The van der Waals surface area contributed by atoms with Gasteiger partial charge in [0.25, 0.3) is 5.91 Å². The van der Waals surface area contributed by atoms with Crippen molar-refractivity contribution in [3.05, 3.63) is 161 Å². The number of hydrogen-bond acceptors (Lipinski definition) is 6. The van der Waals surface area contributed by atoms with E-state index in [4.69, 9.17) is 19.6 Å². The average Bonchev–Trinajstić information content (AvgIpc) is 3.51. The van der Waals surface area contributed by atoms with Crippen LogP contribution in [0.1, 0.15) is 34.8 Å². The minimum atomic E-state index is -1.51. The first-order valence-electron chi connectivity index (χ1n) is 15.7. The van der Waals surface area contributed by atoms with E-state index in [1.807, 2.05) is 84.9 Å². The molecular formula is C39H35F2N3O4. The monoisotopic (exact) mass is 647 g/mol. The second kappa shape index (κ2) is 15.0. The third-order valence-electron chi connectivity index (χ3n) is 8.20. The van der Waals surface area contributed by atoms with Gasteiger partial charge in [0, 0.05) is 37.1 Å². The fourth-order valence-corrected chi connectivity index (χ4v) is 5.69. The molecule has 0 spiro atoms. The number of amides is 1. The van der Waals surface area contributed by atoms with E-state index in [2.05, 4.69) is 10.9 Å². The summed E-state index contributed by atoms with van der Waals surface area (Å²) in [6.07, 6.45) is -0.173. The second-order valence-corrected chi connectivity index (χ2v) is 11.4. The quantitative estimate of drug-likeness (QED) is 0.0976. The SMILES string of the molecule is O=C(NNCc1c(F)cccc1F)[C@@]1(Cc2ccccc2)N=C(c2ccc(OCCCO)cc2)O[C@H]1c1ccc(-c2ccccc2)cc1. The molecule has 0 aliphatic carbocycles. The minimum absolute atomic E-state index is 0.0338. The lowest BCUT2D eigenvalue weighted by Crippen LogP contribution is -2.53. The van der Waals surface area contributed by atoms with Gasteiger partial charge in [-0.1, -0.05) is 91.0 Å². The van der Waals surface area contributed by atoms with Crippen molar-refractivity contribution in [2.75, 3.05) is 13.2 Å². The molecule has 7 nitrogen and oxygen atoms in total. The largest absolute Gasteiger partial charge is 0.494 e. The Morgan fingerprint density at radius 2 is 1.42 bits per heavy atom. The van der Waals surface area contributed by atoms with E-state index in [-0.39, 0.29) is 31.0 Å². The number of aliphatic hydroxyl groups is 1. The van der Waals surface area contributed by atoms with E-state index in [9.17, 15) is 13.6 Å². The van der Waals surface area contributed by atoms with Gasteiger partial charge in [0.1, 0.15) is 17.4 Å². The molecule has 0 saturated carbocycles. The molecule has 1 amide bonds. The van der Waals surface area contributed by atoms with Crippen LogP contribution in [0.4, 0.5) is 8.78 Å².